The highest BCUT2D eigenvalue weighted by molar-refractivity contribution is 5.96. The van der Waals surface area contributed by atoms with Crippen molar-refractivity contribution in [2.75, 3.05) is 0 Å². The number of hydrogen-bond acceptors (Lipinski definition) is 6. The molecule has 1 aromatic rings. The molecule has 20 heavy (non-hydrogen) atoms. The topological polar surface area (TPSA) is 133 Å². The third-order valence-electron chi connectivity index (χ3n) is 2.59. The van der Waals surface area contributed by atoms with Crippen LogP contribution in [-0.4, -0.2) is 28.7 Å². The Morgan fingerprint density at radius 1 is 1.15 bits per heavy atom. The highest BCUT2D eigenvalue weighted by Gasteiger charge is 2.28. The van der Waals surface area contributed by atoms with Gasteiger partial charge in [0.15, 0.2) is 5.66 Å². The van der Waals surface area contributed by atoms with Gasteiger partial charge in [-0.25, -0.2) is 9.59 Å². The number of carbonyl (C=O) groups is 3. The van der Waals surface area contributed by atoms with E-state index in [-0.39, 0.29) is 24.8 Å². The zero-order chi connectivity index (χ0) is 15.2. The second-order valence-electron chi connectivity index (χ2n) is 4.33. The van der Waals surface area contributed by atoms with Crippen LogP contribution >= 0.6 is 0 Å². The smallest absolute Gasteiger partial charge is 0.345 e. The normalized spacial score (nSPS) is 10.9. The average molecular weight is 280 g/mol. The molecule has 0 aromatic heterocycles. The standard InChI is InChI=1S/C13H16N2O5/c14-13(15,12(18)19)8-4-7-10(16)20-11(17)9-5-2-1-3-6-9/h1-3,5-6H,4,7-8,14-15H2,(H,18,19). The first-order valence-electron chi connectivity index (χ1n) is 5.94. The number of rotatable bonds is 6. The fourth-order valence-corrected chi connectivity index (χ4v) is 1.42. The van der Waals surface area contributed by atoms with Crippen LogP contribution in [0.5, 0.6) is 0 Å². The Balaban J connectivity index is 2.38. The van der Waals surface area contributed by atoms with Crippen LogP contribution in [-0.2, 0) is 14.3 Å². The predicted octanol–water partition coefficient (Wildman–Crippen LogP) is 0.239. The molecule has 0 unspecified atom stereocenters. The summed E-state index contributed by atoms with van der Waals surface area (Å²) in [4.78, 5) is 33.6. The lowest BCUT2D eigenvalue weighted by atomic mass is 10.1. The first-order valence-corrected chi connectivity index (χ1v) is 5.94. The zero-order valence-electron chi connectivity index (χ0n) is 10.7. The highest BCUT2D eigenvalue weighted by atomic mass is 16.6. The molecular weight excluding hydrogens is 264 g/mol. The van der Waals surface area contributed by atoms with E-state index in [0.29, 0.717) is 0 Å². The minimum atomic E-state index is -1.89. The second kappa shape index (κ2) is 6.78. The molecule has 0 amide bonds. The highest BCUT2D eigenvalue weighted by Crippen LogP contribution is 2.08. The summed E-state index contributed by atoms with van der Waals surface area (Å²) in [6.45, 7) is 0. The van der Waals surface area contributed by atoms with Crippen molar-refractivity contribution in [3.63, 3.8) is 0 Å². The molecule has 108 valence electrons. The Bertz CT molecular complexity index is 499. The van der Waals surface area contributed by atoms with Crippen LogP contribution in [0.2, 0.25) is 0 Å². The van der Waals surface area contributed by atoms with Gasteiger partial charge in [-0.2, -0.15) is 0 Å². The lowest BCUT2D eigenvalue weighted by Gasteiger charge is -2.18. The van der Waals surface area contributed by atoms with Crippen molar-refractivity contribution in [1.29, 1.82) is 0 Å². The molecule has 5 N–H and O–H groups in total. The average Bonchev–Trinajstić information content (AvgIpc) is 2.39. The van der Waals surface area contributed by atoms with E-state index < -0.39 is 23.6 Å². The summed E-state index contributed by atoms with van der Waals surface area (Å²) >= 11 is 0. The van der Waals surface area contributed by atoms with Gasteiger partial charge in [0.2, 0.25) is 0 Å². The number of carboxylic acid groups (broad SMARTS) is 1. The lowest BCUT2D eigenvalue weighted by Crippen LogP contribution is -2.56. The van der Waals surface area contributed by atoms with E-state index in [1.807, 2.05) is 0 Å². The zero-order valence-corrected chi connectivity index (χ0v) is 10.7. The van der Waals surface area contributed by atoms with Gasteiger partial charge in [0, 0.05) is 6.42 Å². The molecule has 1 aromatic carbocycles. The van der Waals surface area contributed by atoms with Gasteiger partial charge in [0.25, 0.3) is 0 Å². The Labute approximate surface area is 115 Å². The summed E-state index contributed by atoms with van der Waals surface area (Å²) in [7, 11) is 0. The summed E-state index contributed by atoms with van der Waals surface area (Å²) in [6.07, 6.45) is -0.126. The molecule has 0 aliphatic carbocycles. The van der Waals surface area contributed by atoms with Crippen LogP contribution < -0.4 is 11.5 Å². The summed E-state index contributed by atoms with van der Waals surface area (Å²) in [5.74, 6) is -2.85. The molecule has 0 atom stereocenters. The minimum Gasteiger partial charge on any atom is -0.479 e. The number of ether oxygens (including phenoxy) is 1. The quantitative estimate of drug-likeness (QED) is 0.386. The number of benzene rings is 1. The molecule has 1 rings (SSSR count). The Kier molecular flexibility index (Phi) is 5.36. The number of carboxylic acids is 1. The van der Waals surface area contributed by atoms with Gasteiger partial charge in [-0.1, -0.05) is 18.2 Å². The molecule has 0 bridgehead atoms. The van der Waals surface area contributed by atoms with Crippen LogP contribution in [0.1, 0.15) is 29.6 Å². The predicted molar refractivity (Wildman–Crippen MR) is 69.5 cm³/mol. The number of hydrogen-bond donors (Lipinski definition) is 3. The fraction of sp³-hybridized carbons (Fsp3) is 0.308. The molecule has 0 aliphatic rings. The van der Waals surface area contributed by atoms with Gasteiger partial charge in [0.05, 0.1) is 5.56 Å². The third-order valence-corrected chi connectivity index (χ3v) is 2.59. The fourth-order valence-electron chi connectivity index (χ4n) is 1.42. The van der Waals surface area contributed by atoms with E-state index in [9.17, 15) is 14.4 Å². The van der Waals surface area contributed by atoms with Crippen molar-refractivity contribution in [3.05, 3.63) is 35.9 Å². The second-order valence-corrected chi connectivity index (χ2v) is 4.33. The molecular formula is C13H16N2O5. The number of esters is 2. The van der Waals surface area contributed by atoms with Crippen LogP contribution in [0.25, 0.3) is 0 Å². The molecule has 0 radical (unpaired) electrons. The van der Waals surface area contributed by atoms with E-state index in [2.05, 4.69) is 4.74 Å². The van der Waals surface area contributed by atoms with Crippen molar-refractivity contribution in [2.24, 2.45) is 11.5 Å². The van der Waals surface area contributed by atoms with Crippen LogP contribution in [0.15, 0.2) is 30.3 Å². The maximum atomic E-state index is 11.5. The molecule has 0 heterocycles. The van der Waals surface area contributed by atoms with Crippen LogP contribution in [0.4, 0.5) is 0 Å². The summed E-state index contributed by atoms with van der Waals surface area (Å²) in [5, 5.41) is 8.68. The Morgan fingerprint density at radius 2 is 1.75 bits per heavy atom. The number of carbonyl (C=O) groups excluding carboxylic acids is 2. The maximum Gasteiger partial charge on any atom is 0.345 e. The molecule has 0 saturated heterocycles. The van der Waals surface area contributed by atoms with Crippen molar-refractivity contribution < 1.29 is 24.2 Å². The molecule has 0 saturated carbocycles. The van der Waals surface area contributed by atoms with Crippen molar-refractivity contribution in [2.45, 2.75) is 24.9 Å². The van der Waals surface area contributed by atoms with Crippen molar-refractivity contribution >= 4 is 17.9 Å². The summed E-state index contributed by atoms with van der Waals surface area (Å²) in [5.41, 5.74) is 8.97. The van der Waals surface area contributed by atoms with E-state index in [1.54, 1.807) is 18.2 Å². The molecule has 0 spiro atoms. The van der Waals surface area contributed by atoms with Crippen molar-refractivity contribution in [3.8, 4) is 0 Å². The van der Waals surface area contributed by atoms with Crippen molar-refractivity contribution in [1.82, 2.24) is 0 Å². The molecule has 0 aliphatic heterocycles. The van der Waals surface area contributed by atoms with Gasteiger partial charge in [-0.05, 0) is 25.0 Å². The van der Waals surface area contributed by atoms with E-state index in [4.69, 9.17) is 16.6 Å². The number of nitrogens with two attached hydrogens (primary N) is 2. The monoisotopic (exact) mass is 280 g/mol. The first kappa shape index (κ1) is 15.8. The van der Waals surface area contributed by atoms with Crippen LogP contribution in [0, 0.1) is 0 Å². The van der Waals surface area contributed by atoms with Gasteiger partial charge in [-0.15, -0.1) is 0 Å². The molecule has 0 fully saturated rings. The van der Waals surface area contributed by atoms with E-state index >= 15 is 0 Å². The van der Waals surface area contributed by atoms with E-state index in [1.165, 1.54) is 12.1 Å². The van der Waals surface area contributed by atoms with Gasteiger partial charge < -0.3 is 21.3 Å². The van der Waals surface area contributed by atoms with Gasteiger partial charge in [0.1, 0.15) is 0 Å². The number of aliphatic carboxylic acids is 1. The van der Waals surface area contributed by atoms with Gasteiger partial charge in [-0.3, -0.25) is 4.79 Å². The third kappa shape index (κ3) is 4.79. The largest absolute Gasteiger partial charge is 0.479 e. The Hall–Kier alpha value is -2.25. The SMILES string of the molecule is NC(N)(CCCC(=O)OC(=O)c1ccccc1)C(=O)O. The lowest BCUT2D eigenvalue weighted by molar-refractivity contribution is -0.144. The molecule has 7 heteroatoms. The van der Waals surface area contributed by atoms with Gasteiger partial charge >= 0.3 is 17.9 Å². The first-order chi connectivity index (χ1) is 9.33. The maximum absolute atomic E-state index is 11.5. The molecule has 7 nitrogen and oxygen atoms in total. The van der Waals surface area contributed by atoms with Crippen LogP contribution in [0.3, 0.4) is 0 Å². The Morgan fingerprint density at radius 3 is 2.30 bits per heavy atom. The minimum absolute atomic E-state index is 0.100. The van der Waals surface area contributed by atoms with E-state index in [0.717, 1.165) is 0 Å². The summed E-state index contributed by atoms with van der Waals surface area (Å²) < 4.78 is 4.60. The summed E-state index contributed by atoms with van der Waals surface area (Å²) in [6, 6.07) is 8.05.